The molecule has 5 rings (SSSR count). The van der Waals surface area contributed by atoms with Crippen LogP contribution in [0.2, 0.25) is 0 Å². The summed E-state index contributed by atoms with van der Waals surface area (Å²) in [6.45, 7) is 0.258. The first-order chi connectivity index (χ1) is 19.1. The Kier molecular flexibility index (Phi) is 8.04. The van der Waals surface area contributed by atoms with E-state index in [4.69, 9.17) is 5.10 Å². The lowest BCUT2D eigenvalue weighted by Crippen LogP contribution is -2.34. The Morgan fingerprint density at radius 2 is 1.59 bits per heavy atom. The third-order valence-corrected chi connectivity index (χ3v) is 6.41. The summed E-state index contributed by atoms with van der Waals surface area (Å²) in [6, 6.07) is 29.9. The zero-order valence-electron chi connectivity index (χ0n) is 20.8. The molecule has 5 aromatic rings. The second kappa shape index (κ2) is 12.1. The van der Waals surface area contributed by atoms with Gasteiger partial charge in [0.15, 0.2) is 0 Å². The number of halogens is 1. The molecule has 0 unspecified atom stereocenters. The molecule has 3 aromatic carbocycles. The van der Waals surface area contributed by atoms with Gasteiger partial charge in [0.25, 0.3) is 11.8 Å². The number of aromatic nitrogens is 3. The van der Waals surface area contributed by atoms with Crippen LogP contribution in [-0.2, 0) is 11.3 Å². The first kappa shape index (κ1) is 25.8. The number of rotatable bonds is 8. The van der Waals surface area contributed by atoms with E-state index in [-0.39, 0.29) is 18.1 Å². The topological polar surface area (TPSA) is 88.9 Å². The van der Waals surface area contributed by atoms with Crippen molar-refractivity contribution in [3.8, 4) is 16.9 Å². The van der Waals surface area contributed by atoms with Crippen molar-refractivity contribution >= 4 is 33.8 Å². The van der Waals surface area contributed by atoms with E-state index >= 15 is 0 Å². The van der Waals surface area contributed by atoms with Gasteiger partial charge in [-0.05, 0) is 54.1 Å². The standard InChI is InChI=1S/C31H24BrN5O2/c32-26-15-13-23(14-16-26)29-25(21-37(36-29)27-11-5-2-6-12-27)18-28(35-30(38)24-9-3-1-4-10-24)31(39)34-20-22-8-7-17-33-19-22/h1-19,21H,20H2,(H,34,39)(H,35,38). The molecule has 0 aliphatic heterocycles. The molecular formula is C31H24BrN5O2. The Bertz CT molecular complexity index is 1600. The van der Waals surface area contributed by atoms with E-state index in [2.05, 4.69) is 31.5 Å². The minimum atomic E-state index is -0.433. The largest absolute Gasteiger partial charge is 0.347 e. The third kappa shape index (κ3) is 6.55. The van der Waals surface area contributed by atoms with E-state index in [0.717, 1.165) is 21.3 Å². The van der Waals surface area contributed by atoms with E-state index < -0.39 is 5.91 Å². The van der Waals surface area contributed by atoms with E-state index in [1.807, 2.05) is 72.9 Å². The van der Waals surface area contributed by atoms with Crippen LogP contribution in [0.15, 0.2) is 126 Å². The van der Waals surface area contributed by atoms with Crippen LogP contribution in [0, 0.1) is 0 Å². The Labute approximate surface area is 234 Å². The van der Waals surface area contributed by atoms with Crippen LogP contribution < -0.4 is 10.6 Å². The number of pyridine rings is 1. The van der Waals surface area contributed by atoms with Crippen LogP contribution in [0.1, 0.15) is 21.5 Å². The summed E-state index contributed by atoms with van der Waals surface area (Å²) in [7, 11) is 0. The molecule has 2 aromatic heterocycles. The predicted octanol–water partition coefficient (Wildman–Crippen LogP) is 5.78. The lowest BCUT2D eigenvalue weighted by molar-refractivity contribution is -0.117. The zero-order valence-corrected chi connectivity index (χ0v) is 22.4. The first-order valence-electron chi connectivity index (χ1n) is 12.2. The zero-order chi connectivity index (χ0) is 27.0. The van der Waals surface area contributed by atoms with Crippen LogP contribution in [0.3, 0.4) is 0 Å². The molecule has 0 saturated heterocycles. The molecule has 2 amide bonds. The van der Waals surface area contributed by atoms with E-state index in [1.165, 1.54) is 0 Å². The monoisotopic (exact) mass is 577 g/mol. The van der Waals surface area contributed by atoms with Gasteiger partial charge >= 0.3 is 0 Å². The van der Waals surface area contributed by atoms with Crippen LogP contribution >= 0.6 is 15.9 Å². The summed E-state index contributed by atoms with van der Waals surface area (Å²) in [5.41, 5.74) is 4.44. The molecule has 0 radical (unpaired) electrons. The maximum absolute atomic E-state index is 13.4. The number of para-hydroxylation sites is 1. The van der Waals surface area contributed by atoms with Gasteiger partial charge in [-0.3, -0.25) is 14.6 Å². The highest BCUT2D eigenvalue weighted by molar-refractivity contribution is 9.10. The van der Waals surface area contributed by atoms with Crippen LogP contribution in [0.4, 0.5) is 0 Å². The predicted molar refractivity (Wildman–Crippen MR) is 155 cm³/mol. The number of hydrogen-bond donors (Lipinski definition) is 2. The second-order valence-electron chi connectivity index (χ2n) is 8.64. The van der Waals surface area contributed by atoms with Gasteiger partial charge in [-0.2, -0.15) is 5.10 Å². The van der Waals surface area contributed by atoms with Crippen LogP contribution in [0.25, 0.3) is 23.0 Å². The minimum Gasteiger partial charge on any atom is -0.347 e. The number of carbonyl (C=O) groups excluding carboxylic acids is 2. The highest BCUT2D eigenvalue weighted by atomic mass is 79.9. The number of amides is 2. The SMILES string of the molecule is O=C(NCc1cccnc1)C(=Cc1cn(-c2ccccc2)nc1-c1ccc(Br)cc1)NC(=O)c1ccccc1. The van der Waals surface area contributed by atoms with Gasteiger partial charge in [0.05, 0.1) is 5.69 Å². The number of hydrogen-bond acceptors (Lipinski definition) is 4. The lowest BCUT2D eigenvalue weighted by Gasteiger charge is -2.11. The molecule has 7 nitrogen and oxygen atoms in total. The maximum atomic E-state index is 13.4. The molecule has 39 heavy (non-hydrogen) atoms. The average Bonchev–Trinajstić information content (AvgIpc) is 3.41. The summed E-state index contributed by atoms with van der Waals surface area (Å²) in [4.78, 5) is 30.6. The van der Waals surface area contributed by atoms with Gasteiger partial charge < -0.3 is 10.6 Å². The molecule has 8 heteroatoms. The summed E-state index contributed by atoms with van der Waals surface area (Å²) in [5.74, 6) is -0.823. The molecule has 0 atom stereocenters. The van der Waals surface area contributed by atoms with Crippen molar-refractivity contribution in [3.63, 3.8) is 0 Å². The minimum absolute atomic E-state index is 0.0960. The molecule has 0 spiro atoms. The van der Waals surface area contributed by atoms with E-state index in [0.29, 0.717) is 16.8 Å². The fraction of sp³-hybridized carbons (Fsp3) is 0.0323. The summed E-state index contributed by atoms with van der Waals surface area (Å²) >= 11 is 3.48. The number of carbonyl (C=O) groups is 2. The van der Waals surface area contributed by atoms with Crippen LogP contribution in [-0.4, -0.2) is 26.6 Å². The van der Waals surface area contributed by atoms with Gasteiger partial charge in [-0.1, -0.05) is 70.5 Å². The number of nitrogens with one attached hydrogen (secondary N) is 2. The van der Waals surface area contributed by atoms with Gasteiger partial charge in [0, 0.05) is 46.3 Å². The Morgan fingerprint density at radius 1 is 0.872 bits per heavy atom. The van der Waals surface area contributed by atoms with E-state index in [1.54, 1.807) is 53.5 Å². The molecule has 0 aliphatic rings. The van der Waals surface area contributed by atoms with E-state index in [9.17, 15) is 9.59 Å². The first-order valence-corrected chi connectivity index (χ1v) is 13.0. The number of benzene rings is 3. The smallest absolute Gasteiger partial charge is 0.268 e. The highest BCUT2D eigenvalue weighted by Gasteiger charge is 2.18. The molecule has 0 saturated carbocycles. The quantitative estimate of drug-likeness (QED) is 0.229. The maximum Gasteiger partial charge on any atom is 0.268 e. The molecule has 2 N–H and O–H groups in total. The fourth-order valence-corrected chi connectivity index (χ4v) is 4.18. The fourth-order valence-electron chi connectivity index (χ4n) is 3.92. The molecule has 0 bridgehead atoms. The number of nitrogens with zero attached hydrogens (tertiary/aromatic N) is 3. The summed E-state index contributed by atoms with van der Waals surface area (Å²) < 4.78 is 2.70. The van der Waals surface area contributed by atoms with Gasteiger partial charge in [-0.25, -0.2) is 4.68 Å². The van der Waals surface area contributed by atoms with Gasteiger partial charge in [-0.15, -0.1) is 0 Å². The van der Waals surface area contributed by atoms with Crippen molar-refractivity contribution in [1.82, 2.24) is 25.4 Å². The summed E-state index contributed by atoms with van der Waals surface area (Å²) in [6.07, 6.45) is 6.85. The molecule has 192 valence electrons. The Morgan fingerprint density at radius 3 is 2.28 bits per heavy atom. The summed E-state index contributed by atoms with van der Waals surface area (Å²) in [5, 5.41) is 10.5. The normalized spacial score (nSPS) is 11.2. The average molecular weight is 578 g/mol. The van der Waals surface area contributed by atoms with Crippen molar-refractivity contribution < 1.29 is 9.59 Å². The molecular weight excluding hydrogens is 554 g/mol. The van der Waals surface area contributed by atoms with Crippen molar-refractivity contribution in [2.45, 2.75) is 6.54 Å². The van der Waals surface area contributed by atoms with Crippen molar-refractivity contribution in [3.05, 3.63) is 143 Å². The second-order valence-corrected chi connectivity index (χ2v) is 9.56. The molecule has 0 aliphatic carbocycles. The van der Waals surface area contributed by atoms with Crippen molar-refractivity contribution in [1.29, 1.82) is 0 Å². The van der Waals surface area contributed by atoms with Crippen LogP contribution in [0.5, 0.6) is 0 Å². The highest BCUT2D eigenvalue weighted by Crippen LogP contribution is 2.27. The van der Waals surface area contributed by atoms with Gasteiger partial charge in [0.2, 0.25) is 0 Å². The van der Waals surface area contributed by atoms with Crippen molar-refractivity contribution in [2.75, 3.05) is 0 Å². The Balaban J connectivity index is 1.55. The van der Waals surface area contributed by atoms with Crippen molar-refractivity contribution in [2.24, 2.45) is 0 Å². The third-order valence-electron chi connectivity index (χ3n) is 5.89. The lowest BCUT2D eigenvalue weighted by atomic mass is 10.1. The Hall–Kier alpha value is -4.82. The molecule has 2 heterocycles. The molecule has 0 fully saturated rings. The van der Waals surface area contributed by atoms with Gasteiger partial charge in [0.1, 0.15) is 11.4 Å².